The molecule has 2 bridgehead atoms. The Morgan fingerprint density at radius 1 is 0.793 bits per heavy atom. The fourth-order valence-corrected chi connectivity index (χ4v) is 5.49. The highest BCUT2D eigenvalue weighted by Gasteiger charge is 2.40. The van der Waals surface area contributed by atoms with Crippen LogP contribution in [-0.4, -0.2) is 22.8 Å². The van der Waals surface area contributed by atoms with Gasteiger partial charge >= 0.3 is 0 Å². The van der Waals surface area contributed by atoms with Crippen LogP contribution >= 0.6 is 0 Å². The predicted octanol–water partition coefficient (Wildman–Crippen LogP) is 5.78. The molecule has 0 spiro atoms. The Kier molecular flexibility index (Phi) is 5.20. The van der Waals surface area contributed by atoms with Crippen LogP contribution in [0.3, 0.4) is 0 Å². The lowest BCUT2D eigenvalue weighted by Gasteiger charge is -2.48. The van der Waals surface area contributed by atoms with Gasteiger partial charge in [-0.15, -0.1) is 0 Å². The molecule has 2 unspecified atom stereocenters. The molecule has 2 saturated heterocycles. The quantitative estimate of drug-likeness (QED) is 0.556. The third kappa shape index (κ3) is 4.00. The second kappa shape index (κ2) is 8.12. The van der Waals surface area contributed by atoms with E-state index in [-0.39, 0.29) is 5.92 Å². The van der Waals surface area contributed by atoms with Crippen LogP contribution in [0, 0.1) is 5.92 Å². The molecule has 0 radical (unpaired) electrons. The number of ketones is 1. The van der Waals surface area contributed by atoms with E-state index in [0.717, 1.165) is 24.9 Å². The first-order chi connectivity index (χ1) is 14.3. The number of carbonyl (C=O) groups is 1. The maximum Gasteiger partial charge on any atom is 0.140 e. The maximum atomic E-state index is 13.2. The van der Waals surface area contributed by atoms with E-state index in [9.17, 15) is 4.79 Å². The van der Waals surface area contributed by atoms with Gasteiger partial charge in [0.2, 0.25) is 0 Å². The zero-order valence-corrected chi connectivity index (χ0v) is 17.0. The lowest BCUT2D eigenvalue weighted by molar-refractivity contribution is -0.126. The van der Waals surface area contributed by atoms with Crippen molar-refractivity contribution in [3.8, 4) is 0 Å². The van der Waals surface area contributed by atoms with Gasteiger partial charge in [-0.3, -0.25) is 9.69 Å². The number of fused-ring (bicyclic) bond motifs is 3. The van der Waals surface area contributed by atoms with E-state index in [1.165, 1.54) is 35.6 Å². The summed E-state index contributed by atoms with van der Waals surface area (Å²) >= 11 is 0. The topological polar surface area (TPSA) is 20.3 Å². The van der Waals surface area contributed by atoms with E-state index in [2.05, 4.69) is 77.7 Å². The molecule has 0 amide bonds. The minimum absolute atomic E-state index is 0.226. The molecule has 29 heavy (non-hydrogen) atoms. The molecular weight excluding hydrogens is 354 g/mol. The molecule has 2 aliphatic rings. The highest BCUT2D eigenvalue weighted by Crippen LogP contribution is 2.38. The van der Waals surface area contributed by atoms with Crippen molar-refractivity contribution in [2.75, 3.05) is 0 Å². The second-order valence-corrected chi connectivity index (χ2v) is 8.89. The van der Waals surface area contributed by atoms with Gasteiger partial charge in [-0.2, -0.15) is 0 Å². The first kappa shape index (κ1) is 18.6. The predicted molar refractivity (Wildman–Crippen MR) is 119 cm³/mol. The minimum atomic E-state index is 0.226. The summed E-state index contributed by atoms with van der Waals surface area (Å²) in [6, 6.07) is 26.8. The van der Waals surface area contributed by atoms with Gasteiger partial charge in [-0.25, -0.2) is 0 Å². The Labute approximate surface area is 173 Å². The normalized spacial score (nSPS) is 24.5. The molecule has 3 aromatic carbocycles. The van der Waals surface area contributed by atoms with Crippen molar-refractivity contribution >= 4 is 16.6 Å². The van der Waals surface area contributed by atoms with Crippen molar-refractivity contribution < 1.29 is 4.79 Å². The van der Waals surface area contributed by atoms with Gasteiger partial charge in [0.15, 0.2) is 0 Å². The van der Waals surface area contributed by atoms with Crippen molar-refractivity contribution in [3.63, 3.8) is 0 Å². The lowest BCUT2D eigenvalue weighted by Crippen LogP contribution is -2.52. The summed E-state index contributed by atoms with van der Waals surface area (Å²) in [5.74, 6) is 0.667. The van der Waals surface area contributed by atoms with Crippen LogP contribution in [0.1, 0.15) is 43.2 Å². The third-order valence-electron chi connectivity index (χ3n) is 6.98. The minimum Gasteiger partial charge on any atom is -0.299 e. The lowest BCUT2D eigenvalue weighted by atomic mass is 9.75. The van der Waals surface area contributed by atoms with Crippen LogP contribution < -0.4 is 0 Å². The molecule has 2 atom stereocenters. The first-order valence-corrected chi connectivity index (χ1v) is 11.1. The van der Waals surface area contributed by atoms with Gasteiger partial charge in [0.25, 0.3) is 0 Å². The number of carbonyl (C=O) groups excluding carboxylic acids is 1. The molecule has 2 nitrogen and oxygen atoms in total. The Morgan fingerprint density at radius 2 is 1.48 bits per heavy atom. The van der Waals surface area contributed by atoms with E-state index in [1.807, 2.05) is 0 Å². The molecule has 2 heterocycles. The molecule has 5 rings (SSSR count). The highest BCUT2D eigenvalue weighted by molar-refractivity contribution is 5.87. The molecule has 3 aromatic rings. The van der Waals surface area contributed by atoms with Gasteiger partial charge < -0.3 is 0 Å². The van der Waals surface area contributed by atoms with Crippen molar-refractivity contribution in [3.05, 3.63) is 83.9 Å². The van der Waals surface area contributed by atoms with E-state index in [4.69, 9.17) is 0 Å². The summed E-state index contributed by atoms with van der Waals surface area (Å²) in [6.07, 6.45) is 6.44. The van der Waals surface area contributed by atoms with E-state index >= 15 is 0 Å². The maximum absolute atomic E-state index is 13.2. The summed E-state index contributed by atoms with van der Waals surface area (Å²) in [6.45, 7) is 1.03. The Bertz CT molecular complexity index is 982. The van der Waals surface area contributed by atoms with Crippen LogP contribution in [-0.2, 0) is 17.8 Å². The van der Waals surface area contributed by atoms with Crippen molar-refractivity contribution in [1.29, 1.82) is 0 Å². The number of rotatable bonds is 5. The van der Waals surface area contributed by atoms with E-state index in [1.54, 1.807) is 0 Å². The van der Waals surface area contributed by atoms with Crippen LogP contribution in [0.2, 0.25) is 0 Å². The van der Waals surface area contributed by atoms with Crippen LogP contribution in [0.4, 0.5) is 0 Å². The first-order valence-electron chi connectivity index (χ1n) is 11.1. The smallest absolute Gasteiger partial charge is 0.140 e. The molecule has 0 aromatic heterocycles. The van der Waals surface area contributed by atoms with Gasteiger partial charge in [0.05, 0.1) is 0 Å². The number of benzene rings is 3. The highest BCUT2D eigenvalue weighted by atomic mass is 16.1. The second-order valence-electron chi connectivity index (χ2n) is 8.89. The van der Waals surface area contributed by atoms with Crippen molar-refractivity contribution in [2.24, 2.45) is 5.92 Å². The van der Waals surface area contributed by atoms with Gasteiger partial charge in [0.1, 0.15) is 5.78 Å². The summed E-state index contributed by atoms with van der Waals surface area (Å²) < 4.78 is 0. The Balaban J connectivity index is 1.28. The van der Waals surface area contributed by atoms with Gasteiger partial charge in [-0.05, 0) is 47.6 Å². The molecule has 0 aliphatic carbocycles. The molecule has 0 N–H and O–H groups in total. The molecule has 2 heteroatoms. The summed E-state index contributed by atoms with van der Waals surface area (Å²) in [5, 5.41) is 2.47. The van der Waals surface area contributed by atoms with Gasteiger partial charge in [0, 0.05) is 31.0 Å². The number of piperidine rings is 2. The zero-order chi connectivity index (χ0) is 19.6. The van der Waals surface area contributed by atoms with Crippen LogP contribution in [0.15, 0.2) is 72.8 Å². The molecule has 148 valence electrons. The monoisotopic (exact) mass is 383 g/mol. The average Bonchev–Trinajstić information content (AvgIpc) is 2.74. The third-order valence-corrected chi connectivity index (χ3v) is 6.98. The summed E-state index contributed by atoms with van der Waals surface area (Å²) in [4.78, 5) is 15.9. The number of nitrogens with zero attached hydrogens (tertiary/aromatic N) is 1. The van der Waals surface area contributed by atoms with E-state index in [0.29, 0.717) is 24.3 Å². The summed E-state index contributed by atoms with van der Waals surface area (Å²) in [7, 11) is 0. The van der Waals surface area contributed by atoms with Crippen LogP contribution in [0.5, 0.6) is 0 Å². The average molecular weight is 384 g/mol. The zero-order valence-electron chi connectivity index (χ0n) is 17.0. The largest absolute Gasteiger partial charge is 0.299 e. The number of Topliss-reactive ketones (excluding diaryl/α,β-unsaturated/α-hetero) is 1. The number of hydrogen-bond acceptors (Lipinski definition) is 2. The Hall–Kier alpha value is -2.45. The standard InChI is InChI=1S/C27H29NO/c29-27(16-21-13-14-22-9-4-5-10-23(22)15-21)24-17-25-11-6-12-26(18-24)28(25)19-20-7-2-1-3-8-20/h1-5,7-10,13-15,24-26H,6,11-12,16-19H2. The molecular formula is C27H29NO. The van der Waals surface area contributed by atoms with Gasteiger partial charge in [-0.1, -0.05) is 79.2 Å². The molecule has 0 saturated carbocycles. The number of hydrogen-bond donors (Lipinski definition) is 0. The van der Waals surface area contributed by atoms with Crippen molar-refractivity contribution in [1.82, 2.24) is 4.90 Å². The van der Waals surface area contributed by atoms with Crippen LogP contribution in [0.25, 0.3) is 10.8 Å². The fraction of sp³-hybridized carbons (Fsp3) is 0.370. The summed E-state index contributed by atoms with van der Waals surface area (Å²) in [5.41, 5.74) is 2.55. The van der Waals surface area contributed by atoms with Crippen molar-refractivity contribution in [2.45, 2.75) is 57.2 Å². The molecule has 2 aliphatic heterocycles. The fourth-order valence-electron chi connectivity index (χ4n) is 5.49. The van der Waals surface area contributed by atoms with E-state index < -0.39 is 0 Å². The Morgan fingerprint density at radius 3 is 2.24 bits per heavy atom. The molecule has 2 fully saturated rings. The SMILES string of the molecule is O=C(Cc1ccc2ccccc2c1)C1CC2CCCC(C1)N2Cc1ccccc1.